The van der Waals surface area contributed by atoms with E-state index >= 15 is 0 Å². The maximum Gasteiger partial charge on any atom is 0.258 e. The van der Waals surface area contributed by atoms with Gasteiger partial charge in [0, 0.05) is 17.3 Å². The van der Waals surface area contributed by atoms with E-state index in [0.717, 1.165) is 0 Å². The minimum atomic E-state index is -0.364. The van der Waals surface area contributed by atoms with Crippen molar-refractivity contribution in [3.05, 3.63) is 35.5 Å². The van der Waals surface area contributed by atoms with E-state index in [0.29, 0.717) is 28.6 Å². The molecule has 7 nitrogen and oxygen atoms in total. The van der Waals surface area contributed by atoms with Crippen molar-refractivity contribution >= 4 is 17.5 Å². The van der Waals surface area contributed by atoms with Crippen LogP contribution in [0.2, 0.25) is 0 Å². The van der Waals surface area contributed by atoms with Gasteiger partial charge in [0.05, 0.1) is 19.9 Å². The third-order valence-electron chi connectivity index (χ3n) is 2.76. The number of nitrogens with zero attached hydrogens (tertiary/aromatic N) is 2. The summed E-state index contributed by atoms with van der Waals surface area (Å²) in [7, 11) is 3.01. The molecule has 0 aliphatic rings. The predicted molar refractivity (Wildman–Crippen MR) is 78.7 cm³/mol. The number of nitrogens with one attached hydrogen (secondary N) is 1. The maximum absolute atomic E-state index is 12.1. The average Bonchev–Trinajstić information content (AvgIpc) is 2.46. The molecule has 2 rings (SSSR count). The molecule has 0 atom stereocenters. The molecule has 0 spiro atoms. The summed E-state index contributed by atoms with van der Waals surface area (Å²) in [6, 6.07) is 6.43. The summed E-state index contributed by atoms with van der Waals surface area (Å²) in [6.45, 7) is 1.78. The Balaban J connectivity index is 2.21. The Morgan fingerprint density at radius 1 is 1.19 bits per heavy atom. The van der Waals surface area contributed by atoms with Crippen molar-refractivity contribution in [2.75, 3.05) is 25.3 Å². The Bertz CT molecular complexity index is 673. The summed E-state index contributed by atoms with van der Waals surface area (Å²) >= 11 is 0. The Labute approximate surface area is 122 Å². The molecule has 21 heavy (non-hydrogen) atoms. The molecular formula is C14H16N4O3. The van der Waals surface area contributed by atoms with Crippen LogP contribution < -0.4 is 20.5 Å². The second-order valence-corrected chi connectivity index (χ2v) is 4.29. The largest absolute Gasteiger partial charge is 0.495 e. The minimum absolute atomic E-state index is 0.172. The molecule has 0 aliphatic carbocycles. The lowest BCUT2D eigenvalue weighted by molar-refractivity contribution is 0.102. The van der Waals surface area contributed by atoms with Gasteiger partial charge in [-0.3, -0.25) is 10.1 Å². The number of rotatable bonds is 4. The lowest BCUT2D eigenvalue weighted by Crippen LogP contribution is -2.15. The first-order valence-electron chi connectivity index (χ1n) is 6.18. The third-order valence-corrected chi connectivity index (χ3v) is 2.76. The average molecular weight is 288 g/mol. The topological polar surface area (TPSA) is 99.4 Å². The van der Waals surface area contributed by atoms with Crippen LogP contribution in [0, 0.1) is 6.92 Å². The van der Waals surface area contributed by atoms with E-state index in [1.807, 2.05) is 0 Å². The van der Waals surface area contributed by atoms with Gasteiger partial charge in [-0.15, -0.1) is 0 Å². The highest BCUT2D eigenvalue weighted by molar-refractivity contribution is 6.04. The number of nitrogens with two attached hydrogens (primary N) is 1. The first-order valence-corrected chi connectivity index (χ1v) is 6.18. The fraction of sp³-hybridized carbons (Fsp3) is 0.214. The van der Waals surface area contributed by atoms with Gasteiger partial charge in [0.15, 0.2) is 0 Å². The highest BCUT2D eigenvalue weighted by Gasteiger charge is 2.11. The Morgan fingerprint density at radius 3 is 2.57 bits per heavy atom. The smallest absolute Gasteiger partial charge is 0.258 e. The number of aromatic nitrogens is 2. The first-order chi connectivity index (χ1) is 10.0. The highest BCUT2D eigenvalue weighted by Crippen LogP contribution is 2.22. The Hall–Kier alpha value is -2.83. The van der Waals surface area contributed by atoms with Crippen LogP contribution in [0.5, 0.6) is 11.6 Å². The van der Waals surface area contributed by atoms with Gasteiger partial charge in [0.1, 0.15) is 5.75 Å². The quantitative estimate of drug-likeness (QED) is 0.830. The van der Waals surface area contributed by atoms with Gasteiger partial charge in [0.25, 0.3) is 5.91 Å². The van der Waals surface area contributed by atoms with E-state index < -0.39 is 0 Å². The number of amides is 1. The molecule has 0 radical (unpaired) electrons. The van der Waals surface area contributed by atoms with Crippen molar-refractivity contribution in [3.8, 4) is 11.6 Å². The number of ether oxygens (including phenoxy) is 2. The Kier molecular flexibility index (Phi) is 4.22. The number of benzene rings is 1. The SMILES string of the molecule is COc1cc(C)nc(NC(=O)c2ccc(OC)c(N)c2)n1. The molecule has 0 fully saturated rings. The summed E-state index contributed by atoms with van der Waals surface area (Å²) in [5.74, 6) is 0.704. The molecule has 0 saturated carbocycles. The van der Waals surface area contributed by atoms with Gasteiger partial charge in [-0.1, -0.05) is 0 Å². The molecular weight excluding hydrogens is 272 g/mol. The van der Waals surface area contributed by atoms with Crippen molar-refractivity contribution in [1.82, 2.24) is 9.97 Å². The zero-order chi connectivity index (χ0) is 15.4. The van der Waals surface area contributed by atoms with E-state index in [4.69, 9.17) is 15.2 Å². The molecule has 1 aromatic carbocycles. The van der Waals surface area contributed by atoms with Gasteiger partial charge in [-0.2, -0.15) is 4.98 Å². The lowest BCUT2D eigenvalue weighted by atomic mass is 10.2. The number of nitrogen functional groups attached to an aromatic ring is 1. The fourth-order valence-electron chi connectivity index (χ4n) is 1.75. The zero-order valence-electron chi connectivity index (χ0n) is 12.0. The second kappa shape index (κ2) is 6.08. The van der Waals surface area contributed by atoms with E-state index in [1.54, 1.807) is 25.1 Å². The zero-order valence-corrected chi connectivity index (χ0v) is 12.0. The third kappa shape index (κ3) is 3.38. The van der Waals surface area contributed by atoms with Crippen LogP contribution in [0.15, 0.2) is 24.3 Å². The standard InChI is InChI=1S/C14H16N4O3/c1-8-6-12(21-3)17-14(16-8)18-13(19)9-4-5-11(20-2)10(15)7-9/h4-7H,15H2,1-3H3,(H,16,17,18,19). The van der Waals surface area contributed by atoms with E-state index in [1.165, 1.54) is 20.3 Å². The van der Waals surface area contributed by atoms with Crippen molar-refractivity contribution in [3.63, 3.8) is 0 Å². The molecule has 0 saturated heterocycles. The molecule has 0 bridgehead atoms. The molecule has 1 amide bonds. The Morgan fingerprint density at radius 2 is 1.95 bits per heavy atom. The molecule has 110 valence electrons. The summed E-state index contributed by atoms with van der Waals surface area (Å²) < 4.78 is 10.1. The molecule has 3 N–H and O–H groups in total. The fourth-order valence-corrected chi connectivity index (χ4v) is 1.75. The first kappa shape index (κ1) is 14.6. The molecule has 1 aromatic heterocycles. The highest BCUT2D eigenvalue weighted by atomic mass is 16.5. The number of anilines is 2. The van der Waals surface area contributed by atoms with Crippen LogP contribution in [0.1, 0.15) is 16.1 Å². The van der Waals surface area contributed by atoms with E-state index in [-0.39, 0.29) is 11.9 Å². The monoisotopic (exact) mass is 288 g/mol. The van der Waals surface area contributed by atoms with Gasteiger partial charge in [0.2, 0.25) is 11.8 Å². The summed E-state index contributed by atoms with van der Waals surface area (Å²) in [4.78, 5) is 20.3. The summed E-state index contributed by atoms with van der Waals surface area (Å²) in [6.07, 6.45) is 0. The van der Waals surface area contributed by atoms with Crippen LogP contribution >= 0.6 is 0 Å². The minimum Gasteiger partial charge on any atom is -0.495 e. The van der Waals surface area contributed by atoms with Crippen molar-refractivity contribution in [2.24, 2.45) is 0 Å². The van der Waals surface area contributed by atoms with Gasteiger partial charge in [-0.05, 0) is 25.1 Å². The van der Waals surface area contributed by atoms with Gasteiger partial charge < -0.3 is 15.2 Å². The number of methoxy groups -OCH3 is 2. The van der Waals surface area contributed by atoms with Crippen LogP contribution in [0.25, 0.3) is 0 Å². The summed E-state index contributed by atoms with van der Waals surface area (Å²) in [5.41, 5.74) is 7.23. The van der Waals surface area contributed by atoms with Gasteiger partial charge in [-0.25, -0.2) is 4.98 Å². The number of carbonyl (C=O) groups is 1. The van der Waals surface area contributed by atoms with E-state index in [9.17, 15) is 4.79 Å². The number of carbonyl (C=O) groups excluding carboxylic acids is 1. The van der Waals surface area contributed by atoms with Crippen LogP contribution in [-0.4, -0.2) is 30.1 Å². The maximum atomic E-state index is 12.1. The summed E-state index contributed by atoms with van der Waals surface area (Å²) in [5, 5.41) is 2.60. The number of hydrogen-bond acceptors (Lipinski definition) is 6. The van der Waals surface area contributed by atoms with Crippen LogP contribution in [0.4, 0.5) is 11.6 Å². The second-order valence-electron chi connectivity index (χ2n) is 4.29. The van der Waals surface area contributed by atoms with Crippen LogP contribution in [-0.2, 0) is 0 Å². The lowest BCUT2D eigenvalue weighted by Gasteiger charge is -2.08. The molecule has 1 heterocycles. The van der Waals surface area contributed by atoms with Crippen molar-refractivity contribution in [2.45, 2.75) is 6.92 Å². The molecule has 2 aromatic rings. The molecule has 0 aliphatic heterocycles. The molecule has 7 heteroatoms. The predicted octanol–water partition coefficient (Wildman–Crippen LogP) is 1.64. The van der Waals surface area contributed by atoms with E-state index in [2.05, 4.69) is 15.3 Å². The van der Waals surface area contributed by atoms with Crippen molar-refractivity contribution < 1.29 is 14.3 Å². The van der Waals surface area contributed by atoms with Crippen molar-refractivity contribution in [1.29, 1.82) is 0 Å². The van der Waals surface area contributed by atoms with Crippen LogP contribution in [0.3, 0.4) is 0 Å². The molecule has 0 unspecified atom stereocenters. The number of aryl methyl sites for hydroxylation is 1. The normalized spacial score (nSPS) is 10.0. The van der Waals surface area contributed by atoms with Gasteiger partial charge >= 0.3 is 0 Å². The number of hydrogen-bond donors (Lipinski definition) is 2.